The van der Waals surface area contributed by atoms with E-state index in [1.165, 1.54) is 12.1 Å². The SMILES string of the molecule is CC(C)CC1CN(Cc2cn3ccccc3n2)C(C)CN1. The van der Waals surface area contributed by atoms with Crippen LogP contribution in [0.4, 0.5) is 0 Å². The molecule has 1 fully saturated rings. The average Bonchev–Trinajstić information content (AvgIpc) is 2.84. The standard InChI is InChI=1S/C17H26N4/c1-13(2)8-15-10-21(14(3)9-18-15)12-16-11-20-7-5-4-6-17(20)19-16/h4-7,11,13-15,18H,8-10,12H2,1-3H3. The molecule has 1 aliphatic rings. The van der Waals surface area contributed by atoms with Crippen LogP contribution in [0.1, 0.15) is 32.9 Å². The molecule has 2 unspecified atom stereocenters. The van der Waals surface area contributed by atoms with Gasteiger partial charge in [-0.1, -0.05) is 19.9 Å². The van der Waals surface area contributed by atoms with Crippen LogP contribution in [-0.2, 0) is 6.54 Å². The minimum atomic E-state index is 0.568. The summed E-state index contributed by atoms with van der Waals surface area (Å²) in [6, 6.07) is 7.33. The van der Waals surface area contributed by atoms with E-state index in [9.17, 15) is 0 Å². The van der Waals surface area contributed by atoms with Crippen LogP contribution in [0.5, 0.6) is 0 Å². The van der Waals surface area contributed by atoms with Crippen molar-refractivity contribution in [1.29, 1.82) is 0 Å². The van der Waals surface area contributed by atoms with E-state index in [1.807, 2.05) is 12.1 Å². The Morgan fingerprint density at radius 1 is 1.38 bits per heavy atom. The van der Waals surface area contributed by atoms with Gasteiger partial charge in [-0.05, 0) is 31.4 Å². The highest BCUT2D eigenvalue weighted by atomic mass is 15.2. The first-order valence-electron chi connectivity index (χ1n) is 8.02. The van der Waals surface area contributed by atoms with Crippen molar-refractivity contribution in [2.75, 3.05) is 13.1 Å². The molecule has 4 nitrogen and oxygen atoms in total. The second kappa shape index (κ2) is 6.16. The molecule has 3 heterocycles. The molecule has 2 aromatic rings. The fourth-order valence-electron chi connectivity index (χ4n) is 3.21. The van der Waals surface area contributed by atoms with Gasteiger partial charge in [0, 0.05) is 44.1 Å². The predicted molar refractivity (Wildman–Crippen MR) is 86.3 cm³/mol. The van der Waals surface area contributed by atoms with Crippen molar-refractivity contribution in [2.24, 2.45) is 5.92 Å². The summed E-state index contributed by atoms with van der Waals surface area (Å²) in [7, 11) is 0. The van der Waals surface area contributed by atoms with Gasteiger partial charge >= 0.3 is 0 Å². The van der Waals surface area contributed by atoms with Gasteiger partial charge in [-0.15, -0.1) is 0 Å². The molecule has 4 heteroatoms. The third-order valence-corrected chi connectivity index (χ3v) is 4.32. The molecule has 2 aromatic heterocycles. The molecule has 1 N–H and O–H groups in total. The number of imidazole rings is 1. The lowest BCUT2D eigenvalue weighted by molar-refractivity contribution is 0.123. The van der Waals surface area contributed by atoms with Gasteiger partial charge in [0.05, 0.1) is 5.69 Å². The molecule has 0 aliphatic carbocycles. The van der Waals surface area contributed by atoms with Gasteiger partial charge in [0.2, 0.25) is 0 Å². The number of piperazine rings is 1. The minimum Gasteiger partial charge on any atom is -0.311 e. The monoisotopic (exact) mass is 286 g/mol. The summed E-state index contributed by atoms with van der Waals surface area (Å²) in [6.07, 6.45) is 5.46. The van der Waals surface area contributed by atoms with Crippen LogP contribution in [0.3, 0.4) is 0 Å². The van der Waals surface area contributed by atoms with Crippen LogP contribution in [0.2, 0.25) is 0 Å². The number of nitrogens with one attached hydrogen (secondary N) is 1. The van der Waals surface area contributed by atoms with Gasteiger partial charge < -0.3 is 9.72 Å². The number of nitrogens with zero attached hydrogens (tertiary/aromatic N) is 3. The maximum atomic E-state index is 4.73. The summed E-state index contributed by atoms with van der Waals surface area (Å²) in [6.45, 7) is 10.0. The van der Waals surface area contributed by atoms with Crippen molar-refractivity contribution >= 4 is 5.65 Å². The molecule has 114 valence electrons. The first kappa shape index (κ1) is 14.5. The summed E-state index contributed by atoms with van der Waals surface area (Å²) >= 11 is 0. The zero-order valence-corrected chi connectivity index (χ0v) is 13.3. The average molecular weight is 286 g/mol. The van der Waals surface area contributed by atoms with Crippen molar-refractivity contribution in [3.8, 4) is 0 Å². The topological polar surface area (TPSA) is 32.6 Å². The van der Waals surface area contributed by atoms with E-state index in [1.54, 1.807) is 0 Å². The van der Waals surface area contributed by atoms with Crippen molar-refractivity contribution in [3.63, 3.8) is 0 Å². The molecule has 0 radical (unpaired) electrons. The third kappa shape index (κ3) is 3.44. The van der Waals surface area contributed by atoms with Gasteiger partial charge in [0.1, 0.15) is 5.65 Å². The molecule has 0 spiro atoms. The highest BCUT2D eigenvalue weighted by molar-refractivity contribution is 5.39. The Balaban J connectivity index is 1.69. The number of hydrogen-bond donors (Lipinski definition) is 1. The van der Waals surface area contributed by atoms with E-state index in [0.29, 0.717) is 12.1 Å². The Bertz CT molecular complexity index is 556. The van der Waals surface area contributed by atoms with E-state index in [2.05, 4.69) is 53.8 Å². The number of hydrogen-bond acceptors (Lipinski definition) is 3. The molecule has 3 rings (SSSR count). The zero-order chi connectivity index (χ0) is 14.8. The number of rotatable bonds is 4. The first-order valence-corrected chi connectivity index (χ1v) is 8.02. The van der Waals surface area contributed by atoms with Crippen molar-refractivity contribution in [3.05, 3.63) is 36.3 Å². The van der Waals surface area contributed by atoms with Crippen LogP contribution < -0.4 is 5.32 Å². The van der Waals surface area contributed by atoms with E-state index >= 15 is 0 Å². The Labute approximate surface area is 127 Å². The molecule has 0 amide bonds. The molecule has 1 saturated heterocycles. The molecule has 0 bridgehead atoms. The van der Waals surface area contributed by atoms with Crippen LogP contribution in [-0.4, -0.2) is 39.5 Å². The highest BCUT2D eigenvalue weighted by Crippen LogP contribution is 2.16. The van der Waals surface area contributed by atoms with Crippen molar-refractivity contribution < 1.29 is 0 Å². The molecular formula is C17H26N4. The first-order chi connectivity index (χ1) is 10.1. The van der Waals surface area contributed by atoms with Gasteiger partial charge in [-0.2, -0.15) is 0 Å². The van der Waals surface area contributed by atoms with Gasteiger partial charge in [-0.3, -0.25) is 4.90 Å². The maximum Gasteiger partial charge on any atom is 0.137 e. The Morgan fingerprint density at radius 3 is 3.00 bits per heavy atom. The normalized spacial score (nSPS) is 24.0. The summed E-state index contributed by atoms with van der Waals surface area (Å²) in [5, 5.41) is 3.68. The van der Waals surface area contributed by atoms with Crippen LogP contribution in [0.15, 0.2) is 30.6 Å². The minimum absolute atomic E-state index is 0.568. The number of fused-ring (bicyclic) bond motifs is 1. The van der Waals surface area contributed by atoms with Crippen LogP contribution in [0, 0.1) is 5.92 Å². The molecular weight excluding hydrogens is 260 g/mol. The highest BCUT2D eigenvalue weighted by Gasteiger charge is 2.25. The third-order valence-electron chi connectivity index (χ3n) is 4.32. The lowest BCUT2D eigenvalue weighted by Crippen LogP contribution is -2.55. The number of pyridine rings is 1. The number of aromatic nitrogens is 2. The zero-order valence-electron chi connectivity index (χ0n) is 13.3. The summed E-state index contributed by atoms with van der Waals surface area (Å²) < 4.78 is 2.10. The van der Waals surface area contributed by atoms with E-state index < -0.39 is 0 Å². The quantitative estimate of drug-likeness (QED) is 0.937. The van der Waals surface area contributed by atoms with Gasteiger partial charge in [0.15, 0.2) is 0 Å². The molecule has 0 aromatic carbocycles. The molecule has 0 saturated carbocycles. The second-order valence-electron chi connectivity index (χ2n) is 6.71. The fourth-order valence-corrected chi connectivity index (χ4v) is 3.21. The molecule has 21 heavy (non-hydrogen) atoms. The smallest absolute Gasteiger partial charge is 0.137 e. The van der Waals surface area contributed by atoms with Crippen molar-refractivity contribution in [1.82, 2.24) is 19.6 Å². The Morgan fingerprint density at radius 2 is 2.24 bits per heavy atom. The summed E-state index contributed by atoms with van der Waals surface area (Å²) in [5.41, 5.74) is 2.20. The lowest BCUT2D eigenvalue weighted by Gasteiger charge is -2.39. The van der Waals surface area contributed by atoms with E-state index in [0.717, 1.165) is 31.2 Å². The van der Waals surface area contributed by atoms with Gasteiger partial charge in [0.25, 0.3) is 0 Å². The summed E-state index contributed by atoms with van der Waals surface area (Å²) in [5.74, 6) is 0.743. The van der Waals surface area contributed by atoms with Crippen LogP contribution >= 0.6 is 0 Å². The molecule has 2 atom stereocenters. The maximum absolute atomic E-state index is 4.73. The molecule has 1 aliphatic heterocycles. The van der Waals surface area contributed by atoms with E-state index in [4.69, 9.17) is 4.98 Å². The van der Waals surface area contributed by atoms with E-state index in [-0.39, 0.29) is 0 Å². The van der Waals surface area contributed by atoms with Gasteiger partial charge in [-0.25, -0.2) is 4.98 Å². The fraction of sp³-hybridized carbons (Fsp3) is 0.588. The summed E-state index contributed by atoms with van der Waals surface area (Å²) in [4.78, 5) is 7.29. The van der Waals surface area contributed by atoms with Crippen molar-refractivity contribution in [2.45, 2.75) is 45.8 Å². The lowest BCUT2D eigenvalue weighted by atomic mass is 10.00. The predicted octanol–water partition coefficient (Wildman–Crippen LogP) is 2.54. The Kier molecular flexibility index (Phi) is 4.27. The second-order valence-corrected chi connectivity index (χ2v) is 6.71. The van der Waals surface area contributed by atoms with Crippen LogP contribution in [0.25, 0.3) is 5.65 Å². The largest absolute Gasteiger partial charge is 0.311 e. The Hall–Kier alpha value is -1.39.